The topological polar surface area (TPSA) is 86.6 Å². The van der Waals surface area contributed by atoms with Gasteiger partial charge in [-0.15, -0.1) is 0 Å². The van der Waals surface area contributed by atoms with Crippen molar-refractivity contribution in [1.82, 2.24) is 19.8 Å². The molecule has 2 aliphatic rings. The lowest BCUT2D eigenvalue weighted by Crippen LogP contribution is -2.55. The van der Waals surface area contributed by atoms with E-state index in [2.05, 4.69) is 4.98 Å². The average Bonchev–Trinajstić information content (AvgIpc) is 2.83. The smallest absolute Gasteiger partial charge is 0.407 e. The summed E-state index contributed by atoms with van der Waals surface area (Å²) < 4.78 is 14.3. The molecule has 1 aliphatic carbocycles. The number of fused-ring (bicyclic) bond motifs is 2. The maximum atomic E-state index is 14.3. The van der Waals surface area contributed by atoms with E-state index < -0.39 is 6.09 Å². The van der Waals surface area contributed by atoms with E-state index in [1.54, 1.807) is 29.3 Å². The lowest BCUT2D eigenvalue weighted by molar-refractivity contribution is 0.0484. The van der Waals surface area contributed by atoms with E-state index in [-0.39, 0.29) is 36.8 Å². The molecule has 0 radical (unpaired) electrons. The van der Waals surface area contributed by atoms with Crippen LogP contribution in [0.3, 0.4) is 0 Å². The summed E-state index contributed by atoms with van der Waals surface area (Å²) in [5.41, 5.74) is 3.33. The molecule has 7 nitrogen and oxygen atoms in total. The fraction of sp³-hybridized carbons (Fsp3) is 0.360. The number of hydrogen-bond acceptors (Lipinski definition) is 4. The van der Waals surface area contributed by atoms with Crippen LogP contribution in [-0.2, 0) is 12.8 Å². The van der Waals surface area contributed by atoms with Gasteiger partial charge < -0.3 is 14.9 Å². The summed E-state index contributed by atoms with van der Waals surface area (Å²) in [6, 6.07) is 8.08. The molecule has 34 heavy (non-hydrogen) atoms. The number of carbonyl (C=O) groups is 2. The van der Waals surface area contributed by atoms with Gasteiger partial charge in [0.15, 0.2) is 0 Å². The molecule has 0 saturated carbocycles. The second-order valence-corrected chi connectivity index (χ2v) is 9.35. The molecule has 2 aromatic heterocycles. The van der Waals surface area contributed by atoms with Crippen LogP contribution < -0.4 is 0 Å². The molecule has 5 rings (SSSR count). The second-order valence-electron chi connectivity index (χ2n) is 8.97. The van der Waals surface area contributed by atoms with Gasteiger partial charge >= 0.3 is 6.09 Å². The van der Waals surface area contributed by atoms with Crippen molar-refractivity contribution in [2.45, 2.75) is 38.1 Å². The molecule has 176 valence electrons. The molecule has 1 aliphatic heterocycles. The van der Waals surface area contributed by atoms with Gasteiger partial charge in [-0.25, -0.2) is 9.18 Å². The maximum Gasteiger partial charge on any atom is 0.407 e. The van der Waals surface area contributed by atoms with Crippen LogP contribution in [0.25, 0.3) is 10.9 Å². The van der Waals surface area contributed by atoms with Gasteiger partial charge in [-0.3, -0.25) is 14.8 Å². The lowest BCUT2D eigenvalue weighted by Gasteiger charge is -2.38. The largest absolute Gasteiger partial charge is 0.465 e. The number of carbonyl (C=O) groups excluding carboxylic acids is 1. The summed E-state index contributed by atoms with van der Waals surface area (Å²) in [6.45, 7) is 2.73. The molecule has 0 spiro atoms. The molecule has 2 amide bonds. The van der Waals surface area contributed by atoms with Crippen molar-refractivity contribution in [1.29, 1.82) is 0 Å². The highest BCUT2D eigenvalue weighted by atomic mass is 35.5. The minimum atomic E-state index is -0.975. The number of rotatable bonds is 2. The van der Waals surface area contributed by atoms with Crippen LogP contribution >= 0.6 is 11.6 Å². The minimum absolute atomic E-state index is 0.0779. The normalized spacial score (nSPS) is 20.3. The van der Waals surface area contributed by atoms with Crippen molar-refractivity contribution in [2.75, 3.05) is 19.6 Å². The number of nitrogens with zero attached hydrogens (tertiary/aromatic N) is 4. The third kappa shape index (κ3) is 3.96. The molecule has 9 heteroatoms. The zero-order chi connectivity index (χ0) is 24.0. The van der Waals surface area contributed by atoms with E-state index >= 15 is 0 Å². The Kier molecular flexibility index (Phi) is 5.85. The van der Waals surface area contributed by atoms with E-state index in [0.29, 0.717) is 41.2 Å². The quantitative estimate of drug-likeness (QED) is 0.580. The molecule has 3 heterocycles. The van der Waals surface area contributed by atoms with Crippen LogP contribution in [0.15, 0.2) is 36.5 Å². The monoisotopic (exact) mass is 482 g/mol. The number of amides is 2. The van der Waals surface area contributed by atoms with E-state index in [9.17, 15) is 19.1 Å². The van der Waals surface area contributed by atoms with Gasteiger partial charge in [0.25, 0.3) is 5.91 Å². The van der Waals surface area contributed by atoms with Crippen LogP contribution in [0, 0.1) is 5.82 Å². The van der Waals surface area contributed by atoms with Crippen LogP contribution in [-0.4, -0.2) is 62.6 Å². The molecular weight excluding hydrogens is 459 g/mol. The van der Waals surface area contributed by atoms with Crippen molar-refractivity contribution < 1.29 is 19.1 Å². The van der Waals surface area contributed by atoms with Crippen molar-refractivity contribution in [2.24, 2.45) is 0 Å². The molecule has 0 bridgehead atoms. The van der Waals surface area contributed by atoms with Crippen LogP contribution in [0.4, 0.5) is 9.18 Å². The highest BCUT2D eigenvalue weighted by Crippen LogP contribution is 2.38. The Labute approximate surface area is 201 Å². The number of pyridine rings is 2. The third-order valence-electron chi connectivity index (χ3n) is 6.86. The SMILES string of the molecule is C[C@@H]1CN(C(=O)O)CCN1C(=O)c1ccc2c(Cl)c3c(nc2c1)CC(c1ncccc1F)CC3. The van der Waals surface area contributed by atoms with Gasteiger partial charge in [-0.2, -0.15) is 0 Å². The first kappa shape index (κ1) is 22.5. The van der Waals surface area contributed by atoms with Crippen LogP contribution in [0.1, 0.15) is 46.6 Å². The first-order valence-electron chi connectivity index (χ1n) is 11.3. The Morgan fingerprint density at radius 2 is 2.06 bits per heavy atom. The standard InChI is InChI=1S/C25H24ClFN4O3/c1-14-13-30(25(33)34)9-10-31(14)24(32)16-5-7-18-21(12-16)29-20-11-15(4-6-17(20)22(18)26)23-19(27)3-2-8-28-23/h2-3,5,7-8,12,14-15H,4,6,9-11,13H2,1H3,(H,33,34)/t14-,15?/m1/s1. The Balaban J connectivity index is 1.44. The summed E-state index contributed by atoms with van der Waals surface area (Å²) in [6.07, 6.45) is 2.58. The Morgan fingerprint density at radius 1 is 1.24 bits per heavy atom. The first-order chi connectivity index (χ1) is 16.3. The molecule has 1 fully saturated rings. The Morgan fingerprint density at radius 3 is 2.79 bits per heavy atom. The van der Waals surface area contributed by atoms with Gasteiger partial charge in [0.1, 0.15) is 5.82 Å². The van der Waals surface area contributed by atoms with E-state index in [1.165, 1.54) is 11.0 Å². The van der Waals surface area contributed by atoms with Crippen molar-refractivity contribution >= 4 is 34.5 Å². The summed E-state index contributed by atoms with van der Waals surface area (Å²) in [7, 11) is 0. The third-order valence-corrected chi connectivity index (χ3v) is 7.30. The number of piperazine rings is 1. The minimum Gasteiger partial charge on any atom is -0.465 e. The first-order valence-corrected chi connectivity index (χ1v) is 11.7. The van der Waals surface area contributed by atoms with Gasteiger partial charge in [0, 0.05) is 54.4 Å². The molecule has 1 N–H and O–H groups in total. The molecule has 1 saturated heterocycles. The summed E-state index contributed by atoms with van der Waals surface area (Å²) >= 11 is 6.75. The fourth-order valence-electron chi connectivity index (χ4n) is 5.05. The van der Waals surface area contributed by atoms with Gasteiger partial charge in [-0.05, 0) is 56.0 Å². The van der Waals surface area contributed by atoms with Gasteiger partial charge in [-0.1, -0.05) is 17.7 Å². The number of halogens is 2. The summed E-state index contributed by atoms with van der Waals surface area (Å²) in [5.74, 6) is -0.553. The number of hydrogen-bond donors (Lipinski definition) is 1. The zero-order valence-electron chi connectivity index (χ0n) is 18.7. The Bertz CT molecular complexity index is 1300. The van der Waals surface area contributed by atoms with Crippen LogP contribution in [0.5, 0.6) is 0 Å². The highest BCUT2D eigenvalue weighted by molar-refractivity contribution is 6.36. The fourth-order valence-corrected chi connectivity index (χ4v) is 5.42. The Hall–Kier alpha value is -3.26. The molecular formula is C25H24ClFN4O3. The predicted molar refractivity (Wildman–Crippen MR) is 126 cm³/mol. The van der Waals surface area contributed by atoms with Gasteiger partial charge in [0.2, 0.25) is 0 Å². The van der Waals surface area contributed by atoms with E-state index in [0.717, 1.165) is 23.1 Å². The van der Waals surface area contributed by atoms with E-state index in [1.807, 2.05) is 13.0 Å². The van der Waals surface area contributed by atoms with Crippen molar-refractivity contribution in [3.63, 3.8) is 0 Å². The van der Waals surface area contributed by atoms with E-state index in [4.69, 9.17) is 16.6 Å². The number of benzene rings is 1. The van der Waals surface area contributed by atoms with Gasteiger partial charge in [0.05, 0.1) is 16.2 Å². The lowest BCUT2D eigenvalue weighted by atomic mass is 9.84. The maximum absolute atomic E-state index is 14.3. The number of aromatic nitrogens is 2. The average molecular weight is 483 g/mol. The predicted octanol–water partition coefficient (Wildman–Crippen LogP) is 4.52. The highest BCUT2D eigenvalue weighted by Gasteiger charge is 2.31. The molecule has 1 unspecified atom stereocenters. The van der Waals surface area contributed by atoms with Crippen LogP contribution in [0.2, 0.25) is 5.02 Å². The summed E-state index contributed by atoms with van der Waals surface area (Å²) in [5, 5.41) is 10.6. The summed E-state index contributed by atoms with van der Waals surface area (Å²) in [4.78, 5) is 36.6. The zero-order valence-corrected chi connectivity index (χ0v) is 19.4. The van der Waals surface area contributed by atoms with Crippen molar-refractivity contribution in [3.8, 4) is 0 Å². The molecule has 1 aromatic carbocycles. The molecule has 2 atom stereocenters. The molecule has 3 aromatic rings. The van der Waals surface area contributed by atoms with Crippen molar-refractivity contribution in [3.05, 3.63) is 69.9 Å². The second kappa shape index (κ2) is 8.83. The number of carboxylic acid groups (broad SMARTS) is 1.